The molecule has 2 N–H and O–H groups in total. The molecule has 0 bridgehead atoms. The van der Waals surface area contributed by atoms with E-state index >= 15 is 0 Å². The molecule has 2 aromatic rings. The van der Waals surface area contributed by atoms with Crippen molar-refractivity contribution in [2.45, 2.75) is 6.92 Å². The fourth-order valence-electron chi connectivity index (χ4n) is 1.43. The molecule has 0 atom stereocenters. The van der Waals surface area contributed by atoms with Crippen LogP contribution >= 0.6 is 11.6 Å². The van der Waals surface area contributed by atoms with Gasteiger partial charge in [0.15, 0.2) is 10.8 Å². The molecule has 0 radical (unpaired) electrons. The summed E-state index contributed by atoms with van der Waals surface area (Å²) >= 11 is 5.78. The molecular weight excluding hydrogens is 266 g/mol. The predicted molar refractivity (Wildman–Crippen MR) is 72.7 cm³/mol. The number of carbonyl (C=O) groups is 1. The van der Waals surface area contributed by atoms with E-state index in [4.69, 9.17) is 15.7 Å². The third-order valence-corrected chi connectivity index (χ3v) is 2.54. The maximum Gasteiger partial charge on any atom is 0.273 e. The molecule has 6 nitrogen and oxygen atoms in total. The Hall–Kier alpha value is -2.21. The molecule has 0 unspecified atom stereocenters. The van der Waals surface area contributed by atoms with Gasteiger partial charge in [-0.25, -0.2) is 4.98 Å². The second kappa shape index (κ2) is 5.62. The van der Waals surface area contributed by atoms with Gasteiger partial charge in [0.05, 0.1) is 5.69 Å². The van der Waals surface area contributed by atoms with E-state index in [1.165, 1.54) is 6.07 Å². The molecule has 0 aliphatic heterocycles. The molecule has 2 rings (SSSR count). The summed E-state index contributed by atoms with van der Waals surface area (Å²) in [6.07, 6.45) is 1.58. The van der Waals surface area contributed by atoms with Gasteiger partial charge in [-0.15, -0.1) is 10.2 Å². The molecular formula is C12H12ClN5O. The third-order valence-electron chi connectivity index (χ3n) is 2.36. The lowest BCUT2D eigenvalue weighted by Gasteiger charge is -2.11. The zero-order chi connectivity index (χ0) is 16.3. The van der Waals surface area contributed by atoms with Gasteiger partial charge in [0.2, 0.25) is 0 Å². The Labute approximate surface area is 119 Å². The Morgan fingerprint density at radius 1 is 1.47 bits per heavy atom. The third kappa shape index (κ3) is 2.97. The number of anilines is 2. The van der Waals surface area contributed by atoms with Crippen LogP contribution in [0.2, 0.25) is 5.15 Å². The predicted octanol–water partition coefficient (Wildman–Crippen LogP) is 1.94. The Morgan fingerprint density at radius 2 is 2.32 bits per heavy atom. The monoisotopic (exact) mass is 280 g/mol. The second-order valence-electron chi connectivity index (χ2n) is 3.68. The number of nitrogens with one attached hydrogen (secondary N) is 2. The van der Waals surface area contributed by atoms with Crippen LogP contribution in [-0.4, -0.2) is 28.1 Å². The highest BCUT2D eigenvalue weighted by Crippen LogP contribution is 2.22. The first kappa shape index (κ1) is 9.69. The topological polar surface area (TPSA) is 79.8 Å². The van der Waals surface area contributed by atoms with E-state index < -0.39 is 12.9 Å². The molecule has 19 heavy (non-hydrogen) atoms. The normalized spacial score (nSPS) is 13.1. The van der Waals surface area contributed by atoms with E-state index in [-0.39, 0.29) is 16.5 Å². The SMILES string of the molecule is [2H]C([2H])([2H])NC(=O)c1nnc(Cl)cc1Nc1ncccc1C. The lowest BCUT2D eigenvalue weighted by Crippen LogP contribution is -2.21. The molecule has 0 saturated heterocycles. The zero-order valence-corrected chi connectivity index (χ0v) is 10.7. The average molecular weight is 281 g/mol. The Kier molecular flexibility index (Phi) is 2.86. The van der Waals surface area contributed by atoms with Gasteiger partial charge in [-0.3, -0.25) is 4.79 Å². The van der Waals surface area contributed by atoms with E-state index in [1.54, 1.807) is 12.3 Å². The molecule has 98 valence electrons. The van der Waals surface area contributed by atoms with E-state index in [0.29, 0.717) is 5.82 Å². The molecule has 2 heterocycles. The number of aryl methyl sites for hydroxylation is 1. The molecule has 0 spiro atoms. The average Bonchev–Trinajstić information content (AvgIpc) is 2.39. The van der Waals surface area contributed by atoms with Gasteiger partial charge >= 0.3 is 0 Å². The van der Waals surface area contributed by atoms with E-state index in [2.05, 4.69) is 20.5 Å². The Balaban J connectivity index is 2.36. The van der Waals surface area contributed by atoms with Crippen molar-refractivity contribution in [3.63, 3.8) is 0 Å². The Bertz CT molecular complexity index is 707. The highest BCUT2D eigenvalue weighted by Gasteiger charge is 2.14. The summed E-state index contributed by atoms with van der Waals surface area (Å²) in [5.41, 5.74) is 0.853. The summed E-state index contributed by atoms with van der Waals surface area (Å²) in [4.78, 5) is 16.1. The molecule has 0 fully saturated rings. The van der Waals surface area contributed by atoms with E-state index in [9.17, 15) is 4.79 Å². The fraction of sp³-hybridized carbons (Fsp3) is 0.167. The molecule has 0 aliphatic rings. The minimum atomic E-state index is -2.63. The lowest BCUT2D eigenvalue weighted by atomic mass is 10.2. The van der Waals surface area contributed by atoms with Crippen LogP contribution in [0.4, 0.5) is 11.5 Å². The fourth-order valence-corrected chi connectivity index (χ4v) is 1.58. The molecule has 0 aliphatic carbocycles. The van der Waals surface area contributed by atoms with E-state index in [1.807, 2.05) is 18.3 Å². The number of pyridine rings is 1. The van der Waals surface area contributed by atoms with Crippen molar-refractivity contribution in [1.82, 2.24) is 20.5 Å². The number of rotatable bonds is 3. The largest absolute Gasteiger partial charge is 0.354 e. The van der Waals surface area contributed by atoms with Crippen molar-refractivity contribution in [2.24, 2.45) is 0 Å². The van der Waals surface area contributed by atoms with Crippen molar-refractivity contribution in [3.8, 4) is 0 Å². The molecule has 1 amide bonds. The van der Waals surface area contributed by atoms with Gasteiger partial charge < -0.3 is 10.6 Å². The highest BCUT2D eigenvalue weighted by molar-refractivity contribution is 6.29. The van der Waals surface area contributed by atoms with Crippen LogP contribution in [0.25, 0.3) is 0 Å². The van der Waals surface area contributed by atoms with Crippen molar-refractivity contribution in [2.75, 3.05) is 12.3 Å². The number of hydrogen-bond donors (Lipinski definition) is 2. The number of nitrogens with zero attached hydrogens (tertiary/aromatic N) is 3. The first-order valence-corrected chi connectivity index (χ1v) is 5.68. The van der Waals surface area contributed by atoms with Gasteiger partial charge in [0, 0.05) is 23.4 Å². The summed E-state index contributed by atoms with van der Waals surface area (Å²) in [6.45, 7) is -0.801. The maximum atomic E-state index is 12.0. The highest BCUT2D eigenvalue weighted by atomic mass is 35.5. The van der Waals surface area contributed by atoms with Crippen molar-refractivity contribution < 1.29 is 8.91 Å². The molecule has 2 aromatic heterocycles. The minimum absolute atomic E-state index is 0.0570. The standard InChI is InChI=1S/C12H12ClN5O/c1-7-4-3-5-15-11(7)16-8-6-9(13)17-18-10(8)12(19)14-2/h3-6H,1-2H3,(H,14,19)(H,15,16,17)/i2D3. The number of carbonyl (C=O) groups excluding carboxylic acids is 1. The number of hydrogen-bond acceptors (Lipinski definition) is 5. The Morgan fingerprint density at radius 3 is 3.05 bits per heavy atom. The van der Waals surface area contributed by atoms with Crippen LogP contribution < -0.4 is 10.6 Å². The van der Waals surface area contributed by atoms with Crippen molar-refractivity contribution in [3.05, 3.63) is 40.8 Å². The summed E-state index contributed by atoms with van der Waals surface area (Å²) in [5.74, 6) is -0.394. The zero-order valence-electron chi connectivity index (χ0n) is 12.9. The van der Waals surface area contributed by atoms with Crippen molar-refractivity contribution in [1.29, 1.82) is 0 Å². The first-order valence-electron chi connectivity index (χ1n) is 6.80. The number of halogens is 1. The number of amides is 1. The smallest absolute Gasteiger partial charge is 0.273 e. The van der Waals surface area contributed by atoms with Crippen LogP contribution in [-0.2, 0) is 0 Å². The van der Waals surface area contributed by atoms with Crippen molar-refractivity contribution >= 4 is 29.0 Å². The van der Waals surface area contributed by atoms with Crippen LogP contribution in [0.5, 0.6) is 0 Å². The van der Waals surface area contributed by atoms with E-state index in [0.717, 1.165) is 5.56 Å². The summed E-state index contributed by atoms with van der Waals surface area (Å²) < 4.78 is 21.2. The summed E-state index contributed by atoms with van der Waals surface area (Å²) in [5, 5.41) is 12.0. The van der Waals surface area contributed by atoms with Crippen LogP contribution in [0.3, 0.4) is 0 Å². The summed E-state index contributed by atoms with van der Waals surface area (Å²) in [7, 11) is 0. The second-order valence-corrected chi connectivity index (χ2v) is 4.06. The molecule has 0 aromatic carbocycles. The van der Waals surface area contributed by atoms with Gasteiger partial charge in [-0.2, -0.15) is 0 Å². The van der Waals surface area contributed by atoms with Crippen LogP contribution in [0.15, 0.2) is 24.4 Å². The maximum absolute atomic E-state index is 12.0. The molecule has 7 heteroatoms. The van der Waals surface area contributed by atoms with Gasteiger partial charge in [-0.05, 0) is 18.6 Å². The van der Waals surface area contributed by atoms with Crippen LogP contribution in [0.1, 0.15) is 20.2 Å². The first-order chi connectivity index (χ1) is 10.3. The molecule has 0 saturated carbocycles. The summed E-state index contributed by atoms with van der Waals surface area (Å²) in [6, 6.07) is 4.96. The van der Waals surface area contributed by atoms with Crippen LogP contribution in [0, 0.1) is 6.92 Å². The minimum Gasteiger partial charge on any atom is -0.354 e. The van der Waals surface area contributed by atoms with Gasteiger partial charge in [0.1, 0.15) is 5.82 Å². The quantitative estimate of drug-likeness (QED) is 0.898. The van der Waals surface area contributed by atoms with Gasteiger partial charge in [0.25, 0.3) is 5.91 Å². The lowest BCUT2D eigenvalue weighted by molar-refractivity contribution is 0.0958. The van der Waals surface area contributed by atoms with Gasteiger partial charge in [-0.1, -0.05) is 17.7 Å². The number of aromatic nitrogens is 3.